The van der Waals surface area contributed by atoms with Crippen molar-refractivity contribution in [2.75, 3.05) is 0 Å². The van der Waals surface area contributed by atoms with E-state index in [0.717, 1.165) is 23.2 Å². The van der Waals surface area contributed by atoms with E-state index in [4.69, 9.17) is 5.26 Å². The van der Waals surface area contributed by atoms with Gasteiger partial charge < -0.3 is 0 Å². The highest BCUT2D eigenvalue weighted by Crippen LogP contribution is 2.36. The first-order chi connectivity index (χ1) is 10.00. The summed E-state index contributed by atoms with van der Waals surface area (Å²) in [6, 6.07) is 10.9. The van der Waals surface area contributed by atoms with Crippen LogP contribution in [0.3, 0.4) is 0 Å². The molecule has 1 aliphatic carbocycles. The van der Waals surface area contributed by atoms with Crippen LogP contribution in [0, 0.1) is 16.7 Å². The lowest BCUT2D eigenvalue weighted by Crippen LogP contribution is -2.27. The Bertz CT molecular complexity index is 838. The van der Waals surface area contributed by atoms with Crippen LogP contribution in [0.15, 0.2) is 47.4 Å². The molecule has 1 aliphatic rings. The van der Waals surface area contributed by atoms with Crippen molar-refractivity contribution in [2.24, 2.45) is 5.41 Å². The van der Waals surface area contributed by atoms with Crippen molar-refractivity contribution in [1.82, 2.24) is 9.78 Å². The summed E-state index contributed by atoms with van der Waals surface area (Å²) in [5.74, 6) is 0. The molecule has 1 aromatic heterocycles. The molecule has 0 atom stereocenters. The fourth-order valence-corrected chi connectivity index (χ4v) is 2.74. The van der Waals surface area contributed by atoms with Gasteiger partial charge in [-0.15, -0.1) is 0 Å². The first-order valence-corrected chi connectivity index (χ1v) is 6.81. The maximum Gasteiger partial charge on any atom is 0.271 e. The van der Waals surface area contributed by atoms with Crippen LogP contribution in [0.4, 0.5) is 0 Å². The first-order valence-electron chi connectivity index (χ1n) is 6.81. The maximum atomic E-state index is 12.1. The minimum Gasteiger partial charge on any atom is -0.267 e. The number of aromatic nitrogens is 2. The highest BCUT2D eigenvalue weighted by Gasteiger charge is 2.27. The van der Waals surface area contributed by atoms with Crippen molar-refractivity contribution in [3.63, 3.8) is 0 Å². The molecular formula is C17H15N3O. The molecule has 1 heterocycles. The largest absolute Gasteiger partial charge is 0.271 e. The van der Waals surface area contributed by atoms with Crippen LogP contribution >= 0.6 is 0 Å². The van der Waals surface area contributed by atoms with Gasteiger partial charge in [-0.3, -0.25) is 4.79 Å². The van der Waals surface area contributed by atoms with Crippen LogP contribution in [0.5, 0.6) is 0 Å². The molecule has 2 aromatic rings. The molecule has 21 heavy (non-hydrogen) atoms. The molecule has 4 nitrogen and oxygen atoms in total. The Hall–Kier alpha value is -2.67. The second-order valence-electron chi connectivity index (χ2n) is 5.95. The van der Waals surface area contributed by atoms with Gasteiger partial charge in [0.2, 0.25) is 0 Å². The van der Waals surface area contributed by atoms with Gasteiger partial charge in [0, 0.05) is 17.8 Å². The molecule has 0 bridgehead atoms. The Labute approximate surface area is 123 Å². The average molecular weight is 277 g/mol. The number of benzene rings is 1. The molecule has 0 unspecified atom stereocenters. The summed E-state index contributed by atoms with van der Waals surface area (Å²) in [6.45, 7) is 4.25. The number of nitriles is 1. The minimum absolute atomic E-state index is 0.0620. The molecule has 0 aliphatic heterocycles. The zero-order valence-corrected chi connectivity index (χ0v) is 12.0. The molecule has 0 saturated heterocycles. The average Bonchev–Trinajstić information content (AvgIpc) is 2.46. The van der Waals surface area contributed by atoms with Crippen LogP contribution in [0.1, 0.15) is 30.5 Å². The lowest BCUT2D eigenvalue weighted by atomic mass is 9.77. The third-order valence-electron chi connectivity index (χ3n) is 3.63. The van der Waals surface area contributed by atoms with Crippen molar-refractivity contribution in [2.45, 2.75) is 20.3 Å². The molecule has 104 valence electrons. The predicted octanol–water partition coefficient (Wildman–Crippen LogP) is 2.59. The summed E-state index contributed by atoms with van der Waals surface area (Å²) in [7, 11) is 0. The monoisotopic (exact) mass is 277 g/mol. The molecule has 0 saturated carbocycles. The van der Waals surface area contributed by atoms with Crippen molar-refractivity contribution in [3.8, 4) is 6.07 Å². The lowest BCUT2D eigenvalue weighted by molar-refractivity contribution is 0.469. The molecule has 0 fully saturated rings. The third kappa shape index (κ3) is 2.38. The molecule has 0 spiro atoms. The summed E-state index contributed by atoms with van der Waals surface area (Å²) in [4.78, 5) is 12.1. The SMILES string of the molecule is CC1(C)C=C(n2ncccc2=O)c2cc(C#N)ccc2C1. The number of nitrogens with zero attached hydrogens (tertiary/aromatic N) is 3. The number of fused-ring (bicyclic) bond motifs is 1. The molecule has 1 aromatic carbocycles. The Morgan fingerprint density at radius 3 is 2.86 bits per heavy atom. The van der Waals surface area contributed by atoms with E-state index in [1.54, 1.807) is 12.3 Å². The van der Waals surface area contributed by atoms with Gasteiger partial charge >= 0.3 is 0 Å². The maximum absolute atomic E-state index is 12.1. The summed E-state index contributed by atoms with van der Waals surface area (Å²) in [6.07, 6.45) is 4.53. The summed E-state index contributed by atoms with van der Waals surface area (Å²) in [5.41, 5.74) is 3.15. The summed E-state index contributed by atoms with van der Waals surface area (Å²) >= 11 is 0. The van der Waals surface area contributed by atoms with Crippen LogP contribution in [0.25, 0.3) is 5.70 Å². The lowest BCUT2D eigenvalue weighted by Gasteiger charge is -2.29. The normalized spacial score (nSPS) is 15.8. The van der Waals surface area contributed by atoms with Gasteiger partial charge in [0.15, 0.2) is 0 Å². The van der Waals surface area contributed by atoms with Crippen LogP contribution in [-0.2, 0) is 6.42 Å². The van der Waals surface area contributed by atoms with Crippen LogP contribution in [0.2, 0.25) is 0 Å². The zero-order chi connectivity index (χ0) is 15.0. The van der Waals surface area contributed by atoms with E-state index in [9.17, 15) is 4.79 Å². The van der Waals surface area contributed by atoms with Crippen molar-refractivity contribution < 1.29 is 0 Å². The van der Waals surface area contributed by atoms with Crippen LogP contribution < -0.4 is 5.56 Å². The third-order valence-corrected chi connectivity index (χ3v) is 3.63. The standard InChI is InChI=1S/C17H15N3O/c1-17(2)9-13-6-5-12(11-18)8-14(13)15(10-17)20-16(21)4-3-7-19-20/h3-8,10H,9H2,1-2H3. The highest BCUT2D eigenvalue weighted by molar-refractivity contribution is 5.72. The fourth-order valence-electron chi connectivity index (χ4n) is 2.74. The van der Waals surface area contributed by atoms with E-state index in [1.807, 2.05) is 18.2 Å². The van der Waals surface area contributed by atoms with Gasteiger partial charge in [-0.1, -0.05) is 26.0 Å². The van der Waals surface area contributed by atoms with Crippen molar-refractivity contribution in [1.29, 1.82) is 5.26 Å². The smallest absolute Gasteiger partial charge is 0.267 e. The van der Waals surface area contributed by atoms with Gasteiger partial charge in [0.25, 0.3) is 5.56 Å². The molecule has 4 heteroatoms. The van der Waals surface area contributed by atoms with Gasteiger partial charge in [-0.2, -0.15) is 15.0 Å². The van der Waals surface area contributed by atoms with Crippen molar-refractivity contribution >= 4 is 5.70 Å². The number of hydrogen-bond acceptors (Lipinski definition) is 3. The molecule has 0 N–H and O–H groups in total. The topological polar surface area (TPSA) is 58.7 Å². The van der Waals surface area contributed by atoms with Gasteiger partial charge in [-0.05, 0) is 35.6 Å². The van der Waals surface area contributed by atoms with Crippen molar-refractivity contribution in [3.05, 3.63) is 69.6 Å². The molecule has 3 rings (SSSR count). The summed E-state index contributed by atoms with van der Waals surface area (Å²) in [5, 5.41) is 13.3. The van der Waals surface area contributed by atoms with Crippen LogP contribution in [-0.4, -0.2) is 9.78 Å². The molecular weight excluding hydrogens is 262 g/mol. The summed E-state index contributed by atoms with van der Waals surface area (Å²) < 4.78 is 1.40. The fraction of sp³-hybridized carbons (Fsp3) is 0.235. The Morgan fingerprint density at radius 2 is 2.14 bits per heavy atom. The van der Waals surface area contributed by atoms with Gasteiger partial charge in [-0.25, -0.2) is 0 Å². The van der Waals surface area contributed by atoms with E-state index in [1.165, 1.54) is 10.7 Å². The molecule has 0 radical (unpaired) electrons. The van der Waals surface area contributed by atoms with E-state index in [0.29, 0.717) is 5.56 Å². The van der Waals surface area contributed by atoms with Gasteiger partial charge in [0.05, 0.1) is 17.3 Å². The second kappa shape index (κ2) is 4.71. The quantitative estimate of drug-likeness (QED) is 0.805. The van der Waals surface area contributed by atoms with E-state index >= 15 is 0 Å². The Balaban J connectivity index is 2.29. The molecule has 0 amide bonds. The first kappa shape index (κ1) is 13.3. The Kier molecular flexibility index (Phi) is 2.99. The number of hydrogen-bond donors (Lipinski definition) is 0. The number of allylic oxidation sites excluding steroid dienone is 1. The van der Waals surface area contributed by atoms with E-state index in [2.05, 4.69) is 31.1 Å². The minimum atomic E-state index is -0.172. The Morgan fingerprint density at radius 1 is 1.33 bits per heavy atom. The predicted molar refractivity (Wildman–Crippen MR) is 80.5 cm³/mol. The highest BCUT2D eigenvalue weighted by atomic mass is 16.1. The van der Waals surface area contributed by atoms with E-state index in [-0.39, 0.29) is 11.0 Å². The van der Waals surface area contributed by atoms with Gasteiger partial charge in [0.1, 0.15) is 0 Å². The zero-order valence-electron chi connectivity index (χ0n) is 12.0. The van der Waals surface area contributed by atoms with E-state index < -0.39 is 0 Å². The second-order valence-corrected chi connectivity index (χ2v) is 5.95. The number of rotatable bonds is 1.